The Morgan fingerprint density at radius 3 is 1.09 bits per heavy atom. The van der Waals surface area contributed by atoms with Gasteiger partial charge in [-0.05, 0) is 86.1 Å². The summed E-state index contributed by atoms with van der Waals surface area (Å²) < 4.78 is 0. The van der Waals surface area contributed by atoms with Crippen LogP contribution in [0.25, 0.3) is 22.2 Å². The Labute approximate surface area is 414 Å². The molecule has 0 N–H and O–H groups in total. The highest BCUT2D eigenvalue weighted by molar-refractivity contribution is 6.98. The van der Waals surface area contributed by atoms with Crippen molar-refractivity contribution in [3.05, 3.63) is 268 Å². The molecule has 0 atom stereocenters. The van der Waals surface area contributed by atoms with Gasteiger partial charge in [0.15, 0.2) is 0 Å². The maximum atomic E-state index is 6.30. The number of amidine groups is 1. The Morgan fingerprint density at radius 1 is 0.348 bits per heavy atom. The summed E-state index contributed by atoms with van der Waals surface area (Å²) in [7, 11) is 0. The number of aryl methyl sites for hydroxylation is 1. The van der Waals surface area contributed by atoms with Crippen LogP contribution in [0, 0.1) is 6.92 Å². The van der Waals surface area contributed by atoms with Gasteiger partial charge in [-0.15, -0.1) is 0 Å². The van der Waals surface area contributed by atoms with Crippen molar-refractivity contribution in [3.8, 4) is 0 Å². The fourth-order valence-corrected chi connectivity index (χ4v) is 9.84. The van der Waals surface area contributed by atoms with E-state index in [0.717, 1.165) is 39.4 Å². The second kappa shape index (κ2) is 22.3. The molecule has 0 radical (unpaired) electrons. The van der Waals surface area contributed by atoms with Gasteiger partial charge in [0, 0.05) is 16.8 Å². The van der Waals surface area contributed by atoms with Crippen molar-refractivity contribution in [1.82, 2.24) is 0 Å². The standard InChI is InChI=1S/C59H59BN2.C7H8/c1-40(2)49-36-24-37-50(41(3)4)57(49)61-59-55(46-30-18-11-19-31-46)53(44-26-14-9-15-27-44)54(45-28-16-10-17-29-45)56(47-32-20-12-21-33-47)60(48-34-22-13-23-35-48)62(59)58-51(42(5)6)38-25-39-52(58)43(7)8;1-7-5-3-2-4-6-7/h9-43H,1-8H3;2-6H,1H3. The van der Waals surface area contributed by atoms with Gasteiger partial charge in [0.2, 0.25) is 0 Å². The third kappa shape index (κ3) is 10.6. The van der Waals surface area contributed by atoms with Crippen LogP contribution in [0.15, 0.2) is 223 Å². The highest BCUT2D eigenvalue weighted by Gasteiger charge is 2.44. The predicted molar refractivity (Wildman–Crippen MR) is 301 cm³/mol. The van der Waals surface area contributed by atoms with Gasteiger partial charge in [-0.1, -0.05) is 285 Å². The van der Waals surface area contributed by atoms with E-state index in [1.54, 1.807) is 0 Å². The number of nitrogens with zero attached hydrogens (tertiary/aromatic N) is 2. The molecule has 0 aromatic heterocycles. The molecule has 0 amide bonds. The molecular weight excluding hydrogens is 832 g/mol. The zero-order valence-electron chi connectivity index (χ0n) is 42.1. The monoisotopic (exact) mass is 899 g/mol. The van der Waals surface area contributed by atoms with Crippen LogP contribution in [0.4, 0.5) is 11.4 Å². The maximum absolute atomic E-state index is 6.30. The van der Waals surface area contributed by atoms with Gasteiger partial charge in [-0.2, -0.15) is 0 Å². The Bertz CT molecular complexity index is 2970. The minimum atomic E-state index is -0.307. The first-order chi connectivity index (χ1) is 33.5. The molecule has 3 heteroatoms. The highest BCUT2D eigenvalue weighted by Crippen LogP contribution is 2.50. The Morgan fingerprint density at radius 2 is 0.696 bits per heavy atom. The molecule has 1 heterocycles. The summed E-state index contributed by atoms with van der Waals surface area (Å²) in [6.45, 7) is 20.3. The van der Waals surface area contributed by atoms with Crippen LogP contribution in [0.3, 0.4) is 0 Å². The Balaban J connectivity index is 0.000000842. The summed E-state index contributed by atoms with van der Waals surface area (Å²) in [5.41, 5.74) is 19.2. The van der Waals surface area contributed by atoms with Crippen molar-refractivity contribution < 1.29 is 0 Å². The molecule has 2 nitrogen and oxygen atoms in total. The zero-order chi connectivity index (χ0) is 48.4. The number of allylic oxidation sites excluding steroid dienone is 2. The normalized spacial score (nSPS) is 13.7. The summed E-state index contributed by atoms with van der Waals surface area (Å²) >= 11 is 0. The van der Waals surface area contributed by atoms with Crippen molar-refractivity contribution in [2.45, 2.75) is 86.0 Å². The Hall–Kier alpha value is -7.23. The number of rotatable bonds is 11. The van der Waals surface area contributed by atoms with Crippen LogP contribution in [-0.4, -0.2) is 12.7 Å². The van der Waals surface area contributed by atoms with Crippen molar-refractivity contribution in [1.29, 1.82) is 0 Å². The zero-order valence-corrected chi connectivity index (χ0v) is 42.1. The number of aliphatic imine (C=N–C) groups is 1. The predicted octanol–water partition coefficient (Wildman–Crippen LogP) is 17.4. The molecule has 0 aliphatic carbocycles. The molecule has 0 bridgehead atoms. The first kappa shape index (κ1) is 48.2. The smallest absolute Gasteiger partial charge is 0.330 e. The van der Waals surface area contributed by atoms with Crippen molar-refractivity contribution in [2.75, 3.05) is 4.81 Å². The SMILES string of the molecule is CC(C)c1cccc(C(C)C)c1N=C1C(c2ccccc2)=C(c2ccccc2)C(c2ccccc2)=C(c2ccccc2)B(c2ccccc2)N1c1c(C(C)C)cccc1C(C)C.Cc1ccccc1. The van der Waals surface area contributed by atoms with E-state index in [4.69, 9.17) is 4.99 Å². The third-order valence-electron chi connectivity index (χ3n) is 13.2. The minimum Gasteiger partial charge on any atom is -0.361 e. The third-order valence-corrected chi connectivity index (χ3v) is 13.2. The summed E-state index contributed by atoms with van der Waals surface area (Å²) in [4.78, 5) is 8.99. The molecule has 344 valence electrons. The molecule has 1 aliphatic rings. The largest absolute Gasteiger partial charge is 0.361 e. The lowest BCUT2D eigenvalue weighted by Crippen LogP contribution is -2.53. The van der Waals surface area contributed by atoms with Crippen molar-refractivity contribution >= 4 is 51.7 Å². The van der Waals surface area contributed by atoms with Crippen LogP contribution in [0.5, 0.6) is 0 Å². The van der Waals surface area contributed by atoms with Gasteiger partial charge < -0.3 is 4.81 Å². The van der Waals surface area contributed by atoms with Gasteiger partial charge in [0.05, 0.1) is 5.69 Å². The summed E-state index contributed by atoms with van der Waals surface area (Å²) in [5.74, 6) is 1.90. The molecule has 0 unspecified atom stereocenters. The van der Waals surface area contributed by atoms with Gasteiger partial charge in [0.1, 0.15) is 5.84 Å². The molecule has 8 aromatic rings. The number of para-hydroxylation sites is 2. The fourth-order valence-electron chi connectivity index (χ4n) is 9.84. The summed E-state index contributed by atoms with van der Waals surface area (Å²) in [6.07, 6.45) is 0. The lowest BCUT2D eigenvalue weighted by Gasteiger charge is -2.38. The van der Waals surface area contributed by atoms with E-state index in [-0.39, 0.29) is 30.5 Å². The van der Waals surface area contributed by atoms with Gasteiger partial charge in [0.25, 0.3) is 0 Å². The van der Waals surface area contributed by atoms with Crippen molar-refractivity contribution in [3.63, 3.8) is 0 Å². The molecule has 9 rings (SSSR count). The van der Waals surface area contributed by atoms with Crippen LogP contribution >= 0.6 is 0 Å². The molecule has 0 spiro atoms. The quantitative estimate of drug-likeness (QED) is 0.118. The molecule has 8 aromatic carbocycles. The van der Waals surface area contributed by atoms with Gasteiger partial charge in [-0.25, -0.2) is 4.99 Å². The highest BCUT2D eigenvalue weighted by atomic mass is 15.2. The number of anilines is 1. The number of benzene rings is 8. The topological polar surface area (TPSA) is 15.6 Å². The van der Waals surface area contributed by atoms with E-state index in [9.17, 15) is 0 Å². The fraction of sp³-hybridized carbons (Fsp3) is 0.197. The number of hydrogen-bond donors (Lipinski definition) is 0. The summed E-state index contributed by atoms with van der Waals surface area (Å²) in [5, 5.41) is 0. The van der Waals surface area contributed by atoms with E-state index in [1.807, 2.05) is 18.2 Å². The van der Waals surface area contributed by atoms with Gasteiger partial charge in [-0.3, -0.25) is 0 Å². The molecule has 0 saturated heterocycles. The average Bonchev–Trinajstić information content (AvgIpc) is 3.50. The van der Waals surface area contributed by atoms with Crippen LogP contribution in [0.1, 0.15) is 129 Å². The second-order valence-corrected chi connectivity index (χ2v) is 19.5. The molecular formula is C66H67BN2. The van der Waals surface area contributed by atoms with E-state index in [0.29, 0.717) is 0 Å². The average molecular weight is 899 g/mol. The van der Waals surface area contributed by atoms with E-state index in [1.165, 1.54) is 55.6 Å². The number of hydrogen-bond acceptors (Lipinski definition) is 1. The van der Waals surface area contributed by atoms with Crippen LogP contribution < -0.4 is 10.3 Å². The first-order valence-corrected chi connectivity index (χ1v) is 25.0. The molecule has 69 heavy (non-hydrogen) atoms. The van der Waals surface area contributed by atoms with E-state index in [2.05, 4.69) is 267 Å². The second-order valence-electron chi connectivity index (χ2n) is 19.5. The maximum Gasteiger partial charge on any atom is 0.330 e. The summed E-state index contributed by atoms with van der Waals surface area (Å²) in [6, 6.07) is 79.6. The molecule has 1 aliphatic heterocycles. The van der Waals surface area contributed by atoms with Crippen molar-refractivity contribution in [2.24, 2.45) is 4.99 Å². The van der Waals surface area contributed by atoms with Crippen LogP contribution in [0.2, 0.25) is 0 Å². The minimum absolute atomic E-state index is 0.231. The van der Waals surface area contributed by atoms with E-state index < -0.39 is 0 Å². The lowest BCUT2D eigenvalue weighted by molar-refractivity contribution is 0.832. The molecule has 0 saturated carbocycles. The van der Waals surface area contributed by atoms with E-state index >= 15 is 0 Å². The Kier molecular flexibility index (Phi) is 15.6. The van der Waals surface area contributed by atoms with Crippen LogP contribution in [-0.2, 0) is 0 Å². The lowest BCUT2D eigenvalue weighted by atomic mass is 9.45. The molecule has 0 fully saturated rings. The van der Waals surface area contributed by atoms with Gasteiger partial charge >= 0.3 is 6.85 Å². The first-order valence-electron chi connectivity index (χ1n) is 25.0.